The molecule has 1 fully saturated rings. The molecule has 7 heteroatoms. The van der Waals surface area contributed by atoms with Gasteiger partial charge in [0.1, 0.15) is 5.82 Å². The number of amides is 1. The maximum atomic E-state index is 13.2. The second kappa shape index (κ2) is 7.34. The lowest BCUT2D eigenvalue weighted by Gasteiger charge is -2.28. The van der Waals surface area contributed by atoms with E-state index in [1.165, 1.54) is 12.1 Å². The molecular weight excluding hydrogens is 327 g/mol. The van der Waals surface area contributed by atoms with Gasteiger partial charge in [-0.05, 0) is 36.8 Å². The SMILES string of the molecule is CS[C@@H]1CCC[C@H]1N(C)C(=O)c1cn(Cc2cccc(F)c2)nn1. The monoisotopic (exact) mass is 348 g/mol. The molecule has 128 valence electrons. The number of thioether (sulfide) groups is 1. The fourth-order valence-electron chi connectivity index (χ4n) is 3.25. The number of rotatable bonds is 5. The number of aromatic nitrogens is 3. The smallest absolute Gasteiger partial charge is 0.276 e. The first-order valence-corrected chi connectivity index (χ1v) is 9.32. The molecule has 1 aliphatic rings. The van der Waals surface area contributed by atoms with Gasteiger partial charge in [0.25, 0.3) is 5.91 Å². The van der Waals surface area contributed by atoms with E-state index in [4.69, 9.17) is 0 Å². The van der Waals surface area contributed by atoms with Crippen molar-refractivity contribution in [1.29, 1.82) is 0 Å². The van der Waals surface area contributed by atoms with E-state index in [9.17, 15) is 9.18 Å². The second-order valence-corrected chi connectivity index (χ2v) is 7.20. The number of carbonyl (C=O) groups is 1. The Bertz CT molecular complexity index is 720. The third-order valence-electron chi connectivity index (χ3n) is 4.53. The molecule has 24 heavy (non-hydrogen) atoms. The van der Waals surface area contributed by atoms with Crippen molar-refractivity contribution in [3.63, 3.8) is 0 Å². The van der Waals surface area contributed by atoms with E-state index >= 15 is 0 Å². The van der Waals surface area contributed by atoms with Crippen LogP contribution in [0, 0.1) is 5.82 Å². The van der Waals surface area contributed by atoms with Crippen LogP contribution in [0.5, 0.6) is 0 Å². The van der Waals surface area contributed by atoms with Gasteiger partial charge in [-0.15, -0.1) is 5.10 Å². The van der Waals surface area contributed by atoms with E-state index in [1.807, 2.05) is 24.9 Å². The van der Waals surface area contributed by atoms with Gasteiger partial charge in [0.15, 0.2) is 5.69 Å². The maximum Gasteiger partial charge on any atom is 0.276 e. The van der Waals surface area contributed by atoms with Gasteiger partial charge in [-0.25, -0.2) is 9.07 Å². The third-order valence-corrected chi connectivity index (χ3v) is 5.68. The van der Waals surface area contributed by atoms with Crippen LogP contribution in [0.1, 0.15) is 35.3 Å². The minimum atomic E-state index is -0.284. The summed E-state index contributed by atoms with van der Waals surface area (Å²) >= 11 is 1.82. The van der Waals surface area contributed by atoms with E-state index in [0.717, 1.165) is 24.8 Å². The summed E-state index contributed by atoms with van der Waals surface area (Å²) in [4.78, 5) is 14.5. The van der Waals surface area contributed by atoms with Crippen molar-refractivity contribution in [2.24, 2.45) is 0 Å². The van der Waals surface area contributed by atoms with E-state index in [0.29, 0.717) is 17.5 Å². The van der Waals surface area contributed by atoms with Crippen molar-refractivity contribution in [1.82, 2.24) is 19.9 Å². The Kier molecular flexibility index (Phi) is 5.18. The van der Waals surface area contributed by atoms with E-state index in [2.05, 4.69) is 16.6 Å². The summed E-state index contributed by atoms with van der Waals surface area (Å²) in [5.74, 6) is -0.389. The number of hydrogen-bond donors (Lipinski definition) is 0. The first kappa shape index (κ1) is 17.0. The summed E-state index contributed by atoms with van der Waals surface area (Å²) < 4.78 is 14.8. The van der Waals surface area contributed by atoms with Crippen LogP contribution < -0.4 is 0 Å². The first-order valence-electron chi connectivity index (χ1n) is 8.03. The van der Waals surface area contributed by atoms with Gasteiger partial charge in [0, 0.05) is 18.3 Å². The van der Waals surface area contributed by atoms with Crippen molar-refractivity contribution in [3.8, 4) is 0 Å². The normalized spacial score (nSPS) is 20.3. The van der Waals surface area contributed by atoms with Crippen molar-refractivity contribution in [2.45, 2.75) is 37.1 Å². The molecule has 2 atom stereocenters. The van der Waals surface area contributed by atoms with E-state index in [-0.39, 0.29) is 17.8 Å². The largest absolute Gasteiger partial charge is 0.336 e. The quantitative estimate of drug-likeness (QED) is 0.834. The summed E-state index contributed by atoms with van der Waals surface area (Å²) in [5.41, 5.74) is 1.12. The van der Waals surface area contributed by atoms with Gasteiger partial charge in [0.05, 0.1) is 12.7 Å². The molecule has 0 aliphatic heterocycles. The molecule has 3 rings (SSSR count). The number of carbonyl (C=O) groups excluding carboxylic acids is 1. The Balaban J connectivity index is 1.69. The van der Waals surface area contributed by atoms with Crippen molar-refractivity contribution in [3.05, 3.63) is 47.5 Å². The van der Waals surface area contributed by atoms with Crippen LogP contribution in [0.15, 0.2) is 30.5 Å². The summed E-state index contributed by atoms with van der Waals surface area (Å²) in [6.07, 6.45) is 7.06. The molecule has 0 radical (unpaired) electrons. The predicted octanol–water partition coefficient (Wildman–Crippen LogP) is 2.82. The Morgan fingerprint density at radius 2 is 2.29 bits per heavy atom. The number of benzene rings is 1. The molecule has 0 N–H and O–H groups in total. The highest BCUT2D eigenvalue weighted by molar-refractivity contribution is 7.99. The average Bonchev–Trinajstić information content (AvgIpc) is 3.22. The zero-order chi connectivity index (χ0) is 17.1. The van der Waals surface area contributed by atoms with Crippen LogP contribution in [0.25, 0.3) is 0 Å². The van der Waals surface area contributed by atoms with Crippen LogP contribution >= 0.6 is 11.8 Å². The van der Waals surface area contributed by atoms with E-state index in [1.54, 1.807) is 21.8 Å². The molecule has 0 saturated heterocycles. The lowest BCUT2D eigenvalue weighted by Crippen LogP contribution is -2.40. The van der Waals surface area contributed by atoms with Gasteiger partial charge in [-0.1, -0.05) is 23.8 Å². The highest BCUT2D eigenvalue weighted by atomic mass is 32.2. The summed E-state index contributed by atoms with van der Waals surface area (Å²) in [6, 6.07) is 6.58. The molecule has 1 aliphatic carbocycles. The third kappa shape index (κ3) is 3.61. The zero-order valence-corrected chi connectivity index (χ0v) is 14.7. The Morgan fingerprint density at radius 3 is 3.04 bits per heavy atom. The molecule has 0 unspecified atom stereocenters. The Hall–Kier alpha value is -1.89. The highest BCUT2D eigenvalue weighted by Crippen LogP contribution is 2.32. The second-order valence-electron chi connectivity index (χ2n) is 6.12. The Morgan fingerprint density at radius 1 is 1.46 bits per heavy atom. The average molecular weight is 348 g/mol. The number of nitrogens with zero attached hydrogens (tertiary/aromatic N) is 4. The van der Waals surface area contributed by atoms with E-state index < -0.39 is 0 Å². The summed E-state index contributed by atoms with van der Waals surface area (Å²) in [7, 11) is 1.84. The van der Waals surface area contributed by atoms with Gasteiger partial charge in [-0.2, -0.15) is 11.8 Å². The minimum Gasteiger partial charge on any atom is -0.336 e. The van der Waals surface area contributed by atoms with Crippen molar-refractivity contribution >= 4 is 17.7 Å². The van der Waals surface area contributed by atoms with Crippen LogP contribution in [-0.2, 0) is 6.54 Å². The van der Waals surface area contributed by atoms with Crippen molar-refractivity contribution < 1.29 is 9.18 Å². The fraction of sp³-hybridized carbons (Fsp3) is 0.471. The minimum absolute atomic E-state index is 0.105. The van der Waals surface area contributed by atoms with Crippen LogP contribution in [0.2, 0.25) is 0 Å². The molecule has 1 saturated carbocycles. The summed E-state index contributed by atoms with van der Waals surface area (Å²) in [6.45, 7) is 0.388. The molecule has 1 aromatic carbocycles. The number of halogens is 1. The standard InChI is InChI=1S/C17H21FN4OS/c1-21(15-7-4-8-16(15)24-2)17(23)14-11-22(20-19-14)10-12-5-3-6-13(18)9-12/h3,5-6,9,11,15-16H,4,7-8,10H2,1-2H3/t15-,16-/m1/s1. The lowest BCUT2D eigenvalue weighted by atomic mass is 10.2. The van der Waals surface area contributed by atoms with Gasteiger partial charge in [0.2, 0.25) is 0 Å². The zero-order valence-electron chi connectivity index (χ0n) is 13.9. The lowest BCUT2D eigenvalue weighted by molar-refractivity contribution is 0.0732. The number of hydrogen-bond acceptors (Lipinski definition) is 4. The molecule has 0 spiro atoms. The molecule has 0 bridgehead atoms. The molecule has 1 amide bonds. The van der Waals surface area contributed by atoms with Gasteiger partial charge in [-0.3, -0.25) is 4.79 Å². The van der Waals surface area contributed by atoms with Gasteiger partial charge >= 0.3 is 0 Å². The Labute approximate surface area is 145 Å². The van der Waals surface area contributed by atoms with Crippen molar-refractivity contribution in [2.75, 3.05) is 13.3 Å². The first-order chi connectivity index (χ1) is 11.6. The molecule has 1 aromatic heterocycles. The van der Waals surface area contributed by atoms with Crippen LogP contribution in [0.4, 0.5) is 4.39 Å². The predicted molar refractivity (Wildman–Crippen MR) is 92.6 cm³/mol. The molecule has 2 aromatic rings. The molecule has 1 heterocycles. The maximum absolute atomic E-state index is 13.2. The van der Waals surface area contributed by atoms with Crippen LogP contribution in [0.3, 0.4) is 0 Å². The van der Waals surface area contributed by atoms with Gasteiger partial charge < -0.3 is 4.90 Å². The molecule has 5 nitrogen and oxygen atoms in total. The molecular formula is C17H21FN4OS. The fourth-order valence-corrected chi connectivity index (χ4v) is 4.29. The van der Waals surface area contributed by atoms with Crippen LogP contribution in [-0.4, -0.2) is 50.4 Å². The highest BCUT2D eigenvalue weighted by Gasteiger charge is 2.33. The topological polar surface area (TPSA) is 51.0 Å². The summed E-state index contributed by atoms with van der Waals surface area (Å²) in [5, 5.41) is 8.49.